The third kappa shape index (κ3) is 1.65. The van der Waals surface area contributed by atoms with Gasteiger partial charge in [0.25, 0.3) is 0 Å². The summed E-state index contributed by atoms with van der Waals surface area (Å²) in [6.45, 7) is 0. The van der Waals surface area contributed by atoms with Crippen LogP contribution in [-0.2, 0) is 0 Å². The standard InChI is InChI=1S/C5H9BrS/c6-3-5-1-2-7-4-5/h5H,1-4H2/t5-/m0/s1. The number of halogens is 1. The van der Waals surface area contributed by atoms with E-state index in [1.165, 1.54) is 23.3 Å². The van der Waals surface area contributed by atoms with Gasteiger partial charge in [-0.05, 0) is 23.8 Å². The second-order valence-electron chi connectivity index (χ2n) is 1.88. The van der Waals surface area contributed by atoms with E-state index in [1.807, 2.05) is 0 Å². The Balaban J connectivity index is 2.14. The van der Waals surface area contributed by atoms with E-state index in [0.717, 1.165) is 5.92 Å². The first-order chi connectivity index (χ1) is 3.43. The van der Waals surface area contributed by atoms with Crippen LogP contribution in [0.2, 0.25) is 0 Å². The molecule has 0 aromatic heterocycles. The summed E-state index contributed by atoms with van der Waals surface area (Å²) in [5.74, 6) is 3.74. The molecule has 0 aliphatic carbocycles. The summed E-state index contributed by atoms with van der Waals surface area (Å²) in [5, 5.41) is 1.21. The van der Waals surface area contributed by atoms with E-state index < -0.39 is 0 Å². The van der Waals surface area contributed by atoms with Crippen LogP contribution in [0.25, 0.3) is 0 Å². The Hall–Kier alpha value is 0.830. The van der Waals surface area contributed by atoms with Crippen LogP contribution in [0.15, 0.2) is 0 Å². The van der Waals surface area contributed by atoms with Crippen molar-refractivity contribution in [2.24, 2.45) is 5.92 Å². The second-order valence-corrected chi connectivity index (χ2v) is 3.68. The molecule has 0 amide bonds. The molecule has 0 aromatic carbocycles. The molecular weight excluding hydrogens is 172 g/mol. The van der Waals surface area contributed by atoms with E-state index in [2.05, 4.69) is 27.7 Å². The van der Waals surface area contributed by atoms with E-state index in [-0.39, 0.29) is 0 Å². The van der Waals surface area contributed by atoms with Gasteiger partial charge in [0.05, 0.1) is 0 Å². The third-order valence-corrected chi connectivity index (χ3v) is 3.39. The van der Waals surface area contributed by atoms with Gasteiger partial charge in [-0.1, -0.05) is 15.9 Å². The maximum atomic E-state index is 3.46. The van der Waals surface area contributed by atoms with Crippen LogP contribution >= 0.6 is 27.7 Å². The van der Waals surface area contributed by atoms with Gasteiger partial charge in [0.1, 0.15) is 0 Å². The van der Waals surface area contributed by atoms with Gasteiger partial charge < -0.3 is 0 Å². The fourth-order valence-corrected chi connectivity index (χ4v) is 2.85. The molecule has 0 spiro atoms. The van der Waals surface area contributed by atoms with Crippen molar-refractivity contribution in [1.82, 2.24) is 0 Å². The predicted molar refractivity (Wildman–Crippen MR) is 39.2 cm³/mol. The Morgan fingerprint density at radius 3 is 2.86 bits per heavy atom. The van der Waals surface area contributed by atoms with Crippen LogP contribution < -0.4 is 0 Å². The molecule has 1 rings (SSSR count). The summed E-state index contributed by atoms with van der Waals surface area (Å²) in [7, 11) is 0. The van der Waals surface area contributed by atoms with Crippen molar-refractivity contribution < 1.29 is 0 Å². The summed E-state index contributed by atoms with van der Waals surface area (Å²) in [6.07, 6.45) is 1.43. The van der Waals surface area contributed by atoms with Crippen molar-refractivity contribution in [3.05, 3.63) is 0 Å². The van der Waals surface area contributed by atoms with Crippen LogP contribution in [0, 0.1) is 5.92 Å². The highest BCUT2D eigenvalue weighted by molar-refractivity contribution is 9.09. The molecule has 1 saturated heterocycles. The van der Waals surface area contributed by atoms with Gasteiger partial charge in [-0.2, -0.15) is 11.8 Å². The van der Waals surface area contributed by atoms with Crippen molar-refractivity contribution in [3.8, 4) is 0 Å². The van der Waals surface area contributed by atoms with Crippen molar-refractivity contribution >= 4 is 27.7 Å². The molecular formula is C5H9BrS. The van der Waals surface area contributed by atoms with Crippen LogP contribution in [0.4, 0.5) is 0 Å². The molecule has 0 unspecified atom stereocenters. The smallest absolute Gasteiger partial charge is 0.00678 e. The monoisotopic (exact) mass is 180 g/mol. The van der Waals surface area contributed by atoms with Gasteiger partial charge in [0.2, 0.25) is 0 Å². The largest absolute Gasteiger partial charge is 0.162 e. The molecule has 1 fully saturated rings. The summed E-state index contributed by atoms with van der Waals surface area (Å²) in [4.78, 5) is 0. The van der Waals surface area contributed by atoms with Gasteiger partial charge in [-0.25, -0.2) is 0 Å². The Kier molecular flexibility index (Phi) is 2.53. The Morgan fingerprint density at radius 2 is 2.57 bits per heavy atom. The van der Waals surface area contributed by atoms with Gasteiger partial charge >= 0.3 is 0 Å². The summed E-state index contributed by atoms with van der Waals surface area (Å²) >= 11 is 5.54. The number of rotatable bonds is 1. The topological polar surface area (TPSA) is 0 Å². The summed E-state index contributed by atoms with van der Waals surface area (Å²) < 4.78 is 0. The molecule has 1 aliphatic rings. The Bertz CT molecular complexity index is 50.0. The van der Waals surface area contributed by atoms with E-state index in [9.17, 15) is 0 Å². The van der Waals surface area contributed by atoms with Crippen LogP contribution in [-0.4, -0.2) is 16.8 Å². The number of thioether (sulfide) groups is 1. The lowest BCUT2D eigenvalue weighted by Gasteiger charge is -1.97. The lowest BCUT2D eigenvalue weighted by molar-refractivity contribution is 0.685. The molecule has 0 nitrogen and oxygen atoms in total. The minimum atomic E-state index is 0.977. The number of hydrogen-bond donors (Lipinski definition) is 0. The molecule has 0 bridgehead atoms. The van der Waals surface area contributed by atoms with Gasteiger partial charge in [0, 0.05) is 5.33 Å². The molecule has 7 heavy (non-hydrogen) atoms. The molecule has 42 valence electrons. The quantitative estimate of drug-likeness (QED) is 0.558. The van der Waals surface area contributed by atoms with E-state index in [0.29, 0.717) is 0 Å². The minimum absolute atomic E-state index is 0.977. The first-order valence-electron chi connectivity index (χ1n) is 2.57. The van der Waals surface area contributed by atoms with E-state index in [1.54, 1.807) is 0 Å². The lowest BCUT2D eigenvalue weighted by atomic mass is 10.2. The Morgan fingerprint density at radius 1 is 1.71 bits per heavy atom. The Labute approximate surface area is 57.2 Å². The zero-order valence-electron chi connectivity index (χ0n) is 4.19. The van der Waals surface area contributed by atoms with Crippen LogP contribution in [0.5, 0.6) is 0 Å². The SMILES string of the molecule is BrC[C@@H]1CCSC1. The average molecular weight is 181 g/mol. The van der Waals surface area contributed by atoms with Crippen LogP contribution in [0.1, 0.15) is 6.42 Å². The van der Waals surface area contributed by atoms with Crippen molar-refractivity contribution in [2.75, 3.05) is 16.8 Å². The molecule has 1 atom stereocenters. The first kappa shape index (κ1) is 5.96. The highest BCUT2D eigenvalue weighted by atomic mass is 79.9. The molecule has 0 radical (unpaired) electrons. The number of hydrogen-bond acceptors (Lipinski definition) is 1. The molecule has 0 saturated carbocycles. The van der Waals surface area contributed by atoms with Crippen molar-refractivity contribution in [1.29, 1.82) is 0 Å². The highest BCUT2D eigenvalue weighted by Crippen LogP contribution is 2.24. The molecule has 1 heterocycles. The average Bonchev–Trinajstić information content (AvgIpc) is 2.14. The zero-order chi connectivity index (χ0) is 5.11. The second kappa shape index (κ2) is 2.98. The first-order valence-corrected chi connectivity index (χ1v) is 4.85. The summed E-state index contributed by atoms with van der Waals surface area (Å²) in [5.41, 5.74) is 0. The van der Waals surface area contributed by atoms with Crippen molar-refractivity contribution in [2.45, 2.75) is 6.42 Å². The normalized spacial score (nSPS) is 31.3. The molecule has 0 N–H and O–H groups in total. The third-order valence-electron chi connectivity index (χ3n) is 1.24. The summed E-state index contributed by atoms with van der Waals surface area (Å²) in [6, 6.07) is 0. The maximum Gasteiger partial charge on any atom is 0.00678 e. The highest BCUT2D eigenvalue weighted by Gasteiger charge is 2.12. The zero-order valence-corrected chi connectivity index (χ0v) is 6.59. The maximum absolute atomic E-state index is 3.46. The lowest BCUT2D eigenvalue weighted by Crippen LogP contribution is -1.96. The van der Waals surface area contributed by atoms with Gasteiger partial charge in [-0.15, -0.1) is 0 Å². The van der Waals surface area contributed by atoms with Gasteiger partial charge in [-0.3, -0.25) is 0 Å². The minimum Gasteiger partial charge on any atom is -0.162 e. The molecule has 1 aliphatic heterocycles. The van der Waals surface area contributed by atoms with Gasteiger partial charge in [0.15, 0.2) is 0 Å². The molecule has 2 heteroatoms. The van der Waals surface area contributed by atoms with Crippen molar-refractivity contribution in [3.63, 3.8) is 0 Å². The van der Waals surface area contributed by atoms with E-state index in [4.69, 9.17) is 0 Å². The molecule has 0 aromatic rings. The fraction of sp³-hybridized carbons (Fsp3) is 1.00. The van der Waals surface area contributed by atoms with Crippen LogP contribution in [0.3, 0.4) is 0 Å². The van der Waals surface area contributed by atoms with E-state index >= 15 is 0 Å². The fourth-order valence-electron chi connectivity index (χ4n) is 0.705. The number of alkyl halides is 1. The predicted octanol–water partition coefficient (Wildman–Crippen LogP) is 2.13.